The highest BCUT2D eigenvalue weighted by atomic mass is 16.4. The summed E-state index contributed by atoms with van der Waals surface area (Å²) in [6.45, 7) is 12.3. The number of nitrogens with one attached hydrogen (secondary N) is 1. The van der Waals surface area contributed by atoms with Gasteiger partial charge in [0, 0.05) is 6.04 Å². The Balaban J connectivity index is 4.10. The zero-order chi connectivity index (χ0) is 15.8. The van der Waals surface area contributed by atoms with E-state index in [1.165, 1.54) is 0 Å². The lowest BCUT2D eigenvalue weighted by atomic mass is 9.94. The maximum absolute atomic E-state index is 11.4. The Kier molecular flexibility index (Phi) is 9.06. The lowest BCUT2D eigenvalue weighted by Gasteiger charge is -2.29. The molecule has 0 aliphatic rings. The summed E-state index contributed by atoms with van der Waals surface area (Å²) < 4.78 is 0. The van der Waals surface area contributed by atoms with Gasteiger partial charge >= 0.3 is 5.97 Å². The SMILES string of the molecule is CCCNC(C)(CCCCN(C)C(C)C(C)C)C(=O)O. The molecular formula is C16H34N2O2. The monoisotopic (exact) mass is 286 g/mol. The molecule has 0 amide bonds. The molecule has 0 aromatic heterocycles. The summed E-state index contributed by atoms with van der Waals surface area (Å²) in [5.41, 5.74) is -0.780. The van der Waals surface area contributed by atoms with Crippen LogP contribution in [0.15, 0.2) is 0 Å². The largest absolute Gasteiger partial charge is 0.480 e. The number of hydrogen-bond acceptors (Lipinski definition) is 3. The van der Waals surface area contributed by atoms with Crippen molar-refractivity contribution in [2.24, 2.45) is 5.92 Å². The number of unbranched alkanes of at least 4 members (excludes halogenated alkanes) is 1. The highest BCUT2D eigenvalue weighted by Crippen LogP contribution is 2.16. The molecule has 4 heteroatoms. The maximum atomic E-state index is 11.4. The molecule has 0 spiro atoms. The van der Waals surface area contributed by atoms with Gasteiger partial charge in [-0.1, -0.05) is 20.8 Å². The molecule has 0 bridgehead atoms. The lowest BCUT2D eigenvalue weighted by Crippen LogP contribution is -2.49. The first kappa shape index (κ1) is 19.4. The van der Waals surface area contributed by atoms with E-state index < -0.39 is 11.5 Å². The minimum absolute atomic E-state index is 0.569. The Morgan fingerprint density at radius 3 is 2.35 bits per heavy atom. The second kappa shape index (κ2) is 9.35. The van der Waals surface area contributed by atoms with Gasteiger partial charge in [-0.3, -0.25) is 4.79 Å². The second-order valence-electron chi connectivity index (χ2n) is 6.49. The minimum Gasteiger partial charge on any atom is -0.480 e. The summed E-state index contributed by atoms with van der Waals surface area (Å²) in [4.78, 5) is 13.7. The van der Waals surface area contributed by atoms with Gasteiger partial charge < -0.3 is 15.3 Å². The van der Waals surface area contributed by atoms with E-state index in [0.717, 1.165) is 32.4 Å². The average Bonchev–Trinajstić information content (AvgIpc) is 2.39. The second-order valence-corrected chi connectivity index (χ2v) is 6.49. The van der Waals surface area contributed by atoms with E-state index in [9.17, 15) is 9.90 Å². The van der Waals surface area contributed by atoms with E-state index >= 15 is 0 Å². The van der Waals surface area contributed by atoms with E-state index in [-0.39, 0.29) is 0 Å². The molecule has 0 saturated heterocycles. The van der Waals surface area contributed by atoms with Crippen LogP contribution in [-0.2, 0) is 4.79 Å². The van der Waals surface area contributed by atoms with Crippen LogP contribution in [0.5, 0.6) is 0 Å². The van der Waals surface area contributed by atoms with Crippen molar-refractivity contribution in [1.82, 2.24) is 10.2 Å². The molecule has 2 atom stereocenters. The predicted molar refractivity (Wildman–Crippen MR) is 85.1 cm³/mol. The quantitative estimate of drug-likeness (QED) is 0.573. The van der Waals surface area contributed by atoms with Gasteiger partial charge in [-0.25, -0.2) is 0 Å². The molecular weight excluding hydrogens is 252 g/mol. The fraction of sp³-hybridized carbons (Fsp3) is 0.938. The molecule has 20 heavy (non-hydrogen) atoms. The smallest absolute Gasteiger partial charge is 0.323 e. The Labute approximate surface area is 124 Å². The van der Waals surface area contributed by atoms with Crippen molar-refractivity contribution in [3.05, 3.63) is 0 Å². The van der Waals surface area contributed by atoms with E-state index in [2.05, 4.69) is 45.0 Å². The topological polar surface area (TPSA) is 52.6 Å². The Hall–Kier alpha value is -0.610. The van der Waals surface area contributed by atoms with Crippen molar-refractivity contribution in [3.8, 4) is 0 Å². The molecule has 0 aliphatic heterocycles. The first-order chi connectivity index (χ1) is 9.24. The van der Waals surface area contributed by atoms with Crippen LogP contribution >= 0.6 is 0 Å². The van der Waals surface area contributed by atoms with E-state index in [1.54, 1.807) is 6.92 Å². The third kappa shape index (κ3) is 6.71. The zero-order valence-corrected chi connectivity index (χ0v) is 14.2. The van der Waals surface area contributed by atoms with Crippen LogP contribution in [0.25, 0.3) is 0 Å². The maximum Gasteiger partial charge on any atom is 0.323 e. The van der Waals surface area contributed by atoms with Gasteiger partial charge in [-0.05, 0) is 65.6 Å². The van der Waals surface area contributed by atoms with Crippen LogP contribution in [0.1, 0.15) is 60.3 Å². The number of nitrogens with zero attached hydrogens (tertiary/aromatic N) is 1. The average molecular weight is 286 g/mol. The van der Waals surface area contributed by atoms with Gasteiger partial charge in [0.1, 0.15) is 5.54 Å². The van der Waals surface area contributed by atoms with E-state index in [1.807, 2.05) is 0 Å². The van der Waals surface area contributed by atoms with E-state index in [4.69, 9.17) is 0 Å². The number of aliphatic carboxylic acids is 1. The van der Waals surface area contributed by atoms with Crippen molar-refractivity contribution >= 4 is 5.97 Å². The van der Waals surface area contributed by atoms with Crippen LogP contribution in [0.3, 0.4) is 0 Å². The predicted octanol–water partition coefficient (Wildman–Crippen LogP) is 2.98. The van der Waals surface area contributed by atoms with Crippen molar-refractivity contribution in [2.75, 3.05) is 20.1 Å². The highest BCUT2D eigenvalue weighted by Gasteiger charge is 2.31. The molecule has 0 rings (SSSR count). The molecule has 0 aliphatic carbocycles. The normalized spacial score (nSPS) is 16.4. The van der Waals surface area contributed by atoms with Crippen molar-refractivity contribution < 1.29 is 9.90 Å². The molecule has 120 valence electrons. The van der Waals surface area contributed by atoms with Crippen molar-refractivity contribution in [2.45, 2.75) is 71.9 Å². The Bertz CT molecular complexity index is 282. The molecule has 4 nitrogen and oxygen atoms in total. The number of rotatable bonds is 11. The van der Waals surface area contributed by atoms with Crippen molar-refractivity contribution in [1.29, 1.82) is 0 Å². The zero-order valence-electron chi connectivity index (χ0n) is 14.2. The summed E-state index contributed by atoms with van der Waals surface area (Å²) in [5.74, 6) is -0.0923. The number of carboxylic acid groups (broad SMARTS) is 1. The van der Waals surface area contributed by atoms with Gasteiger partial charge in [0.2, 0.25) is 0 Å². The number of hydrogen-bond donors (Lipinski definition) is 2. The van der Waals surface area contributed by atoms with E-state index in [0.29, 0.717) is 18.4 Å². The first-order valence-electron chi connectivity index (χ1n) is 7.93. The molecule has 0 heterocycles. The summed E-state index contributed by atoms with van der Waals surface area (Å²) >= 11 is 0. The number of carbonyl (C=O) groups is 1. The fourth-order valence-electron chi connectivity index (χ4n) is 2.22. The molecule has 0 saturated carbocycles. The fourth-order valence-corrected chi connectivity index (χ4v) is 2.22. The third-order valence-electron chi connectivity index (χ3n) is 4.33. The van der Waals surface area contributed by atoms with Gasteiger partial charge in [-0.15, -0.1) is 0 Å². The third-order valence-corrected chi connectivity index (χ3v) is 4.33. The van der Waals surface area contributed by atoms with Gasteiger partial charge in [0.25, 0.3) is 0 Å². The molecule has 0 aromatic carbocycles. The highest BCUT2D eigenvalue weighted by molar-refractivity contribution is 5.78. The van der Waals surface area contributed by atoms with Gasteiger partial charge in [-0.2, -0.15) is 0 Å². The van der Waals surface area contributed by atoms with Gasteiger partial charge in [0.05, 0.1) is 0 Å². The van der Waals surface area contributed by atoms with Crippen LogP contribution in [0.4, 0.5) is 0 Å². The Morgan fingerprint density at radius 1 is 1.30 bits per heavy atom. The first-order valence-corrected chi connectivity index (χ1v) is 7.93. The molecule has 0 radical (unpaired) electrons. The van der Waals surface area contributed by atoms with Crippen molar-refractivity contribution in [3.63, 3.8) is 0 Å². The summed E-state index contributed by atoms with van der Waals surface area (Å²) in [6, 6.07) is 0.569. The van der Waals surface area contributed by atoms with Crippen LogP contribution in [0, 0.1) is 5.92 Å². The molecule has 2 unspecified atom stereocenters. The van der Waals surface area contributed by atoms with Gasteiger partial charge in [0.15, 0.2) is 0 Å². The lowest BCUT2D eigenvalue weighted by molar-refractivity contribution is -0.144. The standard InChI is InChI=1S/C16H34N2O2/c1-7-11-17-16(5,15(19)20)10-8-9-12-18(6)14(4)13(2)3/h13-14,17H,7-12H2,1-6H3,(H,19,20). The minimum atomic E-state index is -0.780. The van der Waals surface area contributed by atoms with Crippen LogP contribution < -0.4 is 5.32 Å². The van der Waals surface area contributed by atoms with Crippen LogP contribution in [-0.4, -0.2) is 47.7 Å². The molecule has 2 N–H and O–H groups in total. The Morgan fingerprint density at radius 2 is 1.90 bits per heavy atom. The molecule has 0 aromatic rings. The van der Waals surface area contributed by atoms with Crippen LogP contribution in [0.2, 0.25) is 0 Å². The summed E-state index contributed by atoms with van der Waals surface area (Å²) in [7, 11) is 2.15. The summed E-state index contributed by atoms with van der Waals surface area (Å²) in [5, 5.41) is 12.5. The summed E-state index contributed by atoms with van der Waals surface area (Å²) in [6.07, 6.45) is 3.63. The number of carboxylic acids is 1. The molecule has 0 fully saturated rings.